The van der Waals surface area contributed by atoms with Crippen LogP contribution in [0.15, 0.2) is 53.4 Å². The third-order valence-corrected chi connectivity index (χ3v) is 4.95. The number of rotatable bonds is 7. The van der Waals surface area contributed by atoms with Gasteiger partial charge >= 0.3 is 0 Å². The normalized spacial score (nSPS) is 12.7. The summed E-state index contributed by atoms with van der Waals surface area (Å²) >= 11 is 0. The molecule has 6 heteroatoms. The first-order valence-electron chi connectivity index (χ1n) is 7.49. The lowest BCUT2D eigenvalue weighted by molar-refractivity contribution is 0.341. The molecular weight excluding hydrogens is 312 g/mol. The number of sulfonamides is 1. The van der Waals surface area contributed by atoms with Crippen molar-refractivity contribution in [3.05, 3.63) is 54.1 Å². The summed E-state index contributed by atoms with van der Waals surface area (Å²) in [5.41, 5.74) is 1.90. The van der Waals surface area contributed by atoms with Gasteiger partial charge in [-0.1, -0.05) is 24.3 Å². The van der Waals surface area contributed by atoms with Crippen LogP contribution in [0.1, 0.15) is 25.5 Å². The number of ether oxygens (including phenoxy) is 1. The second-order valence-electron chi connectivity index (χ2n) is 5.07. The smallest absolute Gasteiger partial charge is 0.240 e. The molecule has 2 aromatic carbocycles. The summed E-state index contributed by atoms with van der Waals surface area (Å²) in [7, 11) is -2.00. The molecule has 5 nitrogen and oxygen atoms in total. The Balaban J connectivity index is 2.17. The van der Waals surface area contributed by atoms with Gasteiger partial charge in [0.25, 0.3) is 0 Å². The lowest BCUT2D eigenvalue weighted by Crippen LogP contribution is -2.18. The first-order chi connectivity index (χ1) is 11.0. The van der Waals surface area contributed by atoms with E-state index < -0.39 is 10.0 Å². The molecule has 0 aliphatic carbocycles. The molecule has 0 saturated heterocycles. The highest BCUT2D eigenvalue weighted by Crippen LogP contribution is 2.28. The molecule has 0 spiro atoms. The minimum absolute atomic E-state index is 0.0166. The summed E-state index contributed by atoms with van der Waals surface area (Å²) in [4.78, 5) is 0.255. The van der Waals surface area contributed by atoms with Crippen LogP contribution in [0, 0.1) is 0 Å². The van der Waals surface area contributed by atoms with Gasteiger partial charge in [0.05, 0.1) is 17.2 Å². The van der Waals surface area contributed by atoms with Crippen LogP contribution in [-0.4, -0.2) is 22.1 Å². The Kier molecular flexibility index (Phi) is 5.63. The van der Waals surface area contributed by atoms with Crippen molar-refractivity contribution in [2.24, 2.45) is 0 Å². The second kappa shape index (κ2) is 7.48. The van der Waals surface area contributed by atoms with Crippen molar-refractivity contribution < 1.29 is 13.2 Å². The van der Waals surface area contributed by atoms with Crippen molar-refractivity contribution in [1.82, 2.24) is 4.72 Å². The van der Waals surface area contributed by atoms with Crippen LogP contribution in [0.5, 0.6) is 5.75 Å². The third kappa shape index (κ3) is 4.24. The molecule has 23 heavy (non-hydrogen) atoms. The fourth-order valence-electron chi connectivity index (χ4n) is 2.24. The average Bonchev–Trinajstić information content (AvgIpc) is 2.57. The number of para-hydroxylation sites is 2. The first kappa shape index (κ1) is 17.3. The molecule has 0 saturated carbocycles. The molecule has 0 fully saturated rings. The van der Waals surface area contributed by atoms with E-state index in [9.17, 15) is 8.42 Å². The largest absolute Gasteiger partial charge is 0.492 e. The van der Waals surface area contributed by atoms with Crippen molar-refractivity contribution in [2.75, 3.05) is 19.0 Å². The highest BCUT2D eigenvalue weighted by atomic mass is 32.2. The van der Waals surface area contributed by atoms with Gasteiger partial charge < -0.3 is 10.1 Å². The van der Waals surface area contributed by atoms with Gasteiger partial charge in [-0.25, -0.2) is 13.1 Å². The van der Waals surface area contributed by atoms with Gasteiger partial charge in [-0.15, -0.1) is 0 Å². The van der Waals surface area contributed by atoms with Gasteiger partial charge in [0.15, 0.2) is 0 Å². The SMILES string of the molecule is CCOc1ccccc1NC(C)c1ccc(S(=O)(=O)NC)cc1. The highest BCUT2D eigenvalue weighted by Gasteiger charge is 2.13. The Morgan fingerprint density at radius 3 is 2.35 bits per heavy atom. The summed E-state index contributed by atoms with van der Waals surface area (Å²) in [6.45, 7) is 4.56. The van der Waals surface area contributed by atoms with E-state index in [0.717, 1.165) is 17.0 Å². The van der Waals surface area contributed by atoms with Gasteiger partial charge in [0.2, 0.25) is 10.0 Å². The van der Waals surface area contributed by atoms with E-state index in [-0.39, 0.29) is 10.9 Å². The Morgan fingerprint density at radius 2 is 1.74 bits per heavy atom. The second-order valence-corrected chi connectivity index (χ2v) is 6.96. The van der Waals surface area contributed by atoms with Crippen molar-refractivity contribution >= 4 is 15.7 Å². The Morgan fingerprint density at radius 1 is 1.09 bits per heavy atom. The average molecular weight is 334 g/mol. The van der Waals surface area contributed by atoms with Gasteiger partial charge in [0, 0.05) is 6.04 Å². The third-order valence-electron chi connectivity index (χ3n) is 3.52. The van der Waals surface area contributed by atoms with Crippen LogP contribution in [0.4, 0.5) is 5.69 Å². The number of anilines is 1. The first-order valence-corrected chi connectivity index (χ1v) is 8.98. The van der Waals surface area contributed by atoms with Crippen LogP contribution < -0.4 is 14.8 Å². The van der Waals surface area contributed by atoms with Gasteiger partial charge in [0.1, 0.15) is 5.75 Å². The molecule has 0 aromatic heterocycles. The van der Waals surface area contributed by atoms with Gasteiger partial charge in [-0.2, -0.15) is 0 Å². The molecule has 1 unspecified atom stereocenters. The van der Waals surface area contributed by atoms with E-state index >= 15 is 0 Å². The maximum atomic E-state index is 11.7. The van der Waals surface area contributed by atoms with Gasteiger partial charge in [-0.05, 0) is 50.7 Å². The van der Waals surface area contributed by atoms with E-state index in [1.807, 2.05) is 50.2 Å². The van der Waals surface area contributed by atoms with Crippen LogP contribution in [-0.2, 0) is 10.0 Å². The minimum atomic E-state index is -3.40. The highest BCUT2D eigenvalue weighted by molar-refractivity contribution is 7.89. The van der Waals surface area contributed by atoms with Crippen molar-refractivity contribution in [3.8, 4) is 5.75 Å². The van der Waals surface area contributed by atoms with E-state index in [4.69, 9.17) is 4.74 Å². The predicted molar refractivity (Wildman–Crippen MR) is 92.3 cm³/mol. The zero-order chi connectivity index (χ0) is 16.9. The zero-order valence-corrected chi connectivity index (χ0v) is 14.4. The summed E-state index contributed by atoms with van der Waals surface area (Å²) in [5, 5.41) is 3.39. The Bertz CT molecular complexity index is 743. The van der Waals surface area contributed by atoms with Crippen molar-refractivity contribution in [2.45, 2.75) is 24.8 Å². The number of hydrogen-bond donors (Lipinski definition) is 2. The maximum absolute atomic E-state index is 11.7. The Labute approximate surface area is 137 Å². The van der Waals surface area contributed by atoms with Crippen LogP contribution >= 0.6 is 0 Å². The van der Waals surface area contributed by atoms with Crippen LogP contribution in [0.2, 0.25) is 0 Å². The summed E-state index contributed by atoms with van der Waals surface area (Å²) in [6.07, 6.45) is 0. The molecular formula is C17H22N2O3S. The molecule has 1 atom stereocenters. The topological polar surface area (TPSA) is 67.4 Å². The standard InChI is InChI=1S/C17H22N2O3S/c1-4-22-17-8-6-5-7-16(17)19-13(2)14-9-11-15(12-10-14)23(20,21)18-3/h5-13,18-19H,4H2,1-3H3. The van der Waals surface area contributed by atoms with Crippen LogP contribution in [0.3, 0.4) is 0 Å². The molecule has 0 radical (unpaired) electrons. The molecule has 124 valence electrons. The molecule has 2 aromatic rings. The zero-order valence-electron chi connectivity index (χ0n) is 13.5. The number of hydrogen-bond acceptors (Lipinski definition) is 4. The van der Waals surface area contributed by atoms with Gasteiger partial charge in [-0.3, -0.25) is 0 Å². The summed E-state index contributed by atoms with van der Waals surface area (Å²) < 4.78 is 31.4. The minimum Gasteiger partial charge on any atom is -0.492 e. The molecule has 0 aliphatic rings. The van der Waals surface area contributed by atoms with E-state index in [2.05, 4.69) is 10.0 Å². The summed E-state index contributed by atoms with van der Waals surface area (Å²) in [5.74, 6) is 0.802. The maximum Gasteiger partial charge on any atom is 0.240 e. The van der Waals surface area contributed by atoms with E-state index in [1.54, 1.807) is 12.1 Å². The molecule has 2 rings (SSSR count). The van der Waals surface area contributed by atoms with Crippen molar-refractivity contribution in [3.63, 3.8) is 0 Å². The lowest BCUT2D eigenvalue weighted by Gasteiger charge is -2.18. The Hall–Kier alpha value is -2.05. The molecule has 0 bridgehead atoms. The fourth-order valence-corrected chi connectivity index (χ4v) is 2.97. The number of nitrogens with one attached hydrogen (secondary N) is 2. The molecule has 0 heterocycles. The monoisotopic (exact) mass is 334 g/mol. The molecule has 2 N–H and O–H groups in total. The summed E-state index contributed by atoms with van der Waals surface area (Å²) in [6, 6.07) is 14.6. The predicted octanol–water partition coefficient (Wildman–Crippen LogP) is 3.17. The number of benzene rings is 2. The van der Waals surface area contributed by atoms with Crippen molar-refractivity contribution in [1.29, 1.82) is 0 Å². The molecule has 0 aliphatic heterocycles. The molecule has 0 amide bonds. The lowest BCUT2D eigenvalue weighted by atomic mass is 10.1. The fraction of sp³-hybridized carbons (Fsp3) is 0.294. The quantitative estimate of drug-likeness (QED) is 0.816. The van der Waals surface area contributed by atoms with Crippen LogP contribution in [0.25, 0.3) is 0 Å². The van der Waals surface area contributed by atoms with E-state index in [0.29, 0.717) is 6.61 Å². The van der Waals surface area contributed by atoms with E-state index in [1.165, 1.54) is 7.05 Å².